The van der Waals surface area contributed by atoms with Crippen LogP contribution in [0.25, 0.3) is 0 Å². The van der Waals surface area contributed by atoms with Crippen LogP contribution in [0.4, 0.5) is 0 Å². The largest absolute Gasteiger partial charge is 0.480 e. The number of ketones is 3. The van der Waals surface area contributed by atoms with Gasteiger partial charge in [-0.3, -0.25) is 33.6 Å². The zero-order valence-electron chi connectivity index (χ0n) is 25.2. The molecule has 0 aromatic heterocycles. The molecule has 1 rings (SSSR count). The van der Waals surface area contributed by atoms with Gasteiger partial charge in [0.1, 0.15) is 31.3 Å². The molecule has 0 atom stereocenters. The zero-order valence-corrected chi connectivity index (χ0v) is 25.2. The summed E-state index contributed by atoms with van der Waals surface area (Å²) in [5.41, 5.74) is 3.34. The Labute approximate surface area is 248 Å². The van der Waals surface area contributed by atoms with Crippen molar-refractivity contribution < 1.29 is 63.5 Å². The number of hydrogen-bond acceptors (Lipinski definition) is 13. The summed E-state index contributed by atoms with van der Waals surface area (Å²) in [6, 6.07) is 0. The first kappa shape index (κ1) is 51.1. The number of hydroxylamine groups is 2. The predicted octanol–water partition coefficient (Wildman–Crippen LogP) is -2.43. The standard InChI is InChI=1S/C7H9NO5.C6H11NO3.C4H9NO.C3H7NO2.C3H7NO.CH4.CH3/c1-12-4-7(11)13-8-5(9)2-3-6(8)10;1-5(8)3-7-6(9)4-10-2;1-4(6)3-5-2;1-4-2-3(5)6;1-3(5)2-4;;/h2-4H2,1H3;3-4H2,1-2H3,(H,7,9);5H,3H2,1-2H3;4H,2H2,1H3,(H,5,6);2,4H2,1H3;1H4;1H3/q;;;;;;-1/p+1. The van der Waals surface area contributed by atoms with Crippen molar-refractivity contribution in [3.63, 3.8) is 0 Å². The van der Waals surface area contributed by atoms with Gasteiger partial charge in [0, 0.05) is 34.0 Å². The molecule has 1 saturated heterocycles. The number of ether oxygens (including phenoxy) is 2. The van der Waals surface area contributed by atoms with Crippen LogP contribution in [0.15, 0.2) is 0 Å². The number of nitrogens with one attached hydrogen (secondary N) is 3. The Hall–Kier alpha value is -3.64. The highest BCUT2D eigenvalue weighted by Crippen LogP contribution is 2.11. The summed E-state index contributed by atoms with van der Waals surface area (Å²) in [7, 11) is 6.08. The van der Waals surface area contributed by atoms with E-state index in [0.717, 1.165) is 0 Å². The molecule has 1 heterocycles. The molecule has 0 bridgehead atoms. The van der Waals surface area contributed by atoms with Gasteiger partial charge in [-0.2, -0.15) is 0 Å². The number of aliphatic carboxylic acids is 1. The maximum absolute atomic E-state index is 10.9. The van der Waals surface area contributed by atoms with Crippen molar-refractivity contribution in [1.29, 1.82) is 0 Å². The van der Waals surface area contributed by atoms with Crippen LogP contribution in [0.5, 0.6) is 0 Å². The van der Waals surface area contributed by atoms with Gasteiger partial charge < -0.3 is 48.5 Å². The highest BCUT2D eigenvalue weighted by atomic mass is 16.7. The summed E-state index contributed by atoms with van der Waals surface area (Å²) in [5, 5.41) is 15.9. The number of rotatable bonds is 12. The predicted molar refractivity (Wildman–Crippen MR) is 152 cm³/mol. The third-order valence-electron chi connectivity index (χ3n) is 3.38. The van der Waals surface area contributed by atoms with E-state index in [2.05, 4.69) is 36.0 Å². The third kappa shape index (κ3) is 43.4. The van der Waals surface area contributed by atoms with Crippen LogP contribution >= 0.6 is 0 Å². The molecule has 7 N–H and O–H groups in total. The van der Waals surface area contributed by atoms with E-state index in [4.69, 9.17) is 5.11 Å². The molecule has 0 aromatic carbocycles. The molecule has 248 valence electrons. The van der Waals surface area contributed by atoms with E-state index in [0.29, 0.717) is 18.2 Å². The van der Waals surface area contributed by atoms with E-state index in [-0.39, 0.29) is 77.3 Å². The van der Waals surface area contributed by atoms with Crippen molar-refractivity contribution in [2.75, 3.05) is 67.7 Å². The van der Waals surface area contributed by atoms with E-state index in [1.54, 1.807) is 21.0 Å². The maximum Gasteiger partial charge on any atom is 0.358 e. The number of quaternary nitrogens is 1. The molecule has 0 unspecified atom stereocenters. The first-order valence-electron chi connectivity index (χ1n) is 11.7. The average molecular weight is 614 g/mol. The topological polar surface area (TPSA) is 251 Å². The van der Waals surface area contributed by atoms with Crippen LogP contribution in [0, 0.1) is 7.43 Å². The molecule has 1 aliphatic rings. The fraction of sp³-hybridized carbons (Fsp3) is 0.640. The number of hydrogen-bond donors (Lipinski definition) is 5. The van der Waals surface area contributed by atoms with E-state index >= 15 is 0 Å². The molecule has 0 radical (unpaired) electrons. The van der Waals surface area contributed by atoms with Gasteiger partial charge in [0.25, 0.3) is 11.8 Å². The monoisotopic (exact) mass is 613 g/mol. The number of carboxylic acids is 1. The van der Waals surface area contributed by atoms with E-state index in [1.165, 1.54) is 28.1 Å². The van der Waals surface area contributed by atoms with Crippen molar-refractivity contribution in [3.05, 3.63) is 7.43 Å². The highest BCUT2D eigenvalue weighted by molar-refractivity contribution is 6.01. The second-order valence-electron chi connectivity index (χ2n) is 7.50. The first-order chi connectivity index (χ1) is 18.6. The number of likely N-dealkylation sites (N-methyl/N-ethyl adjacent to an activating group) is 2. The Morgan fingerprint density at radius 3 is 1.45 bits per heavy atom. The third-order valence-corrected chi connectivity index (χ3v) is 3.38. The Bertz CT molecular complexity index is 775. The second kappa shape index (κ2) is 35.4. The molecule has 0 aliphatic carbocycles. The van der Waals surface area contributed by atoms with Gasteiger partial charge in [-0.15, -0.1) is 5.06 Å². The number of methoxy groups -OCH3 is 2. The van der Waals surface area contributed by atoms with Gasteiger partial charge in [-0.1, -0.05) is 7.43 Å². The van der Waals surface area contributed by atoms with Crippen LogP contribution in [0.3, 0.4) is 0 Å². The molecule has 42 heavy (non-hydrogen) atoms. The molecular formula is C25H51N5O12. The Kier molecular flexibility index (Phi) is 43.1. The van der Waals surface area contributed by atoms with Gasteiger partial charge >= 0.3 is 11.9 Å². The molecule has 1 fully saturated rings. The van der Waals surface area contributed by atoms with Crippen LogP contribution in [0.2, 0.25) is 0 Å². The summed E-state index contributed by atoms with van der Waals surface area (Å²) in [4.78, 5) is 87.2. The minimum atomic E-state index is -0.822. The van der Waals surface area contributed by atoms with E-state index in [1.807, 2.05) is 0 Å². The average Bonchev–Trinajstić information content (AvgIpc) is 3.16. The van der Waals surface area contributed by atoms with Gasteiger partial charge in [0.15, 0.2) is 5.78 Å². The van der Waals surface area contributed by atoms with Gasteiger partial charge in [0.2, 0.25) is 5.91 Å². The summed E-state index contributed by atoms with van der Waals surface area (Å²) in [6.07, 6.45) is 0.193. The lowest BCUT2D eigenvalue weighted by atomic mass is 10.4. The normalized spacial score (nSPS) is 10.5. The fourth-order valence-corrected chi connectivity index (χ4v) is 1.71. The second-order valence-corrected chi connectivity index (χ2v) is 7.50. The zero-order chi connectivity index (χ0) is 32.1. The summed E-state index contributed by atoms with van der Waals surface area (Å²) >= 11 is 0. The van der Waals surface area contributed by atoms with Crippen LogP contribution in [0.1, 0.15) is 41.0 Å². The highest BCUT2D eigenvalue weighted by Gasteiger charge is 2.32. The maximum atomic E-state index is 10.9. The van der Waals surface area contributed by atoms with Gasteiger partial charge in [-0.05, 0) is 27.9 Å². The number of Topliss-reactive ketones (excluding diaryl/α,β-unsaturated/α-hetero) is 3. The fourth-order valence-electron chi connectivity index (χ4n) is 1.71. The minimum absolute atomic E-state index is 0. The Morgan fingerprint density at radius 2 is 1.21 bits per heavy atom. The summed E-state index contributed by atoms with van der Waals surface area (Å²) in [6.45, 7) is 5.24. The molecule has 17 nitrogen and oxygen atoms in total. The number of nitrogens with zero attached hydrogens (tertiary/aromatic N) is 1. The van der Waals surface area contributed by atoms with Crippen LogP contribution in [-0.4, -0.2) is 125 Å². The van der Waals surface area contributed by atoms with Crippen molar-refractivity contribution in [1.82, 2.24) is 21.0 Å². The molecule has 0 spiro atoms. The van der Waals surface area contributed by atoms with Crippen molar-refractivity contribution in [2.24, 2.45) is 0 Å². The lowest BCUT2D eigenvalue weighted by molar-refractivity contribution is -0.354. The first-order valence-corrected chi connectivity index (χ1v) is 11.7. The summed E-state index contributed by atoms with van der Waals surface area (Å²) < 4.78 is 8.97. The molecule has 0 saturated carbocycles. The molecule has 3 amide bonds. The van der Waals surface area contributed by atoms with Crippen LogP contribution in [-0.2, 0) is 52.7 Å². The van der Waals surface area contributed by atoms with Crippen molar-refractivity contribution >= 4 is 47.0 Å². The quantitative estimate of drug-likeness (QED) is 0.113. The van der Waals surface area contributed by atoms with E-state index in [9.17, 15) is 38.4 Å². The Morgan fingerprint density at radius 1 is 0.810 bits per heavy atom. The number of amides is 3. The number of carboxylic acid groups (broad SMARTS) is 1. The van der Waals surface area contributed by atoms with Crippen LogP contribution < -0.4 is 21.7 Å². The lowest BCUT2D eigenvalue weighted by Crippen LogP contribution is -2.53. The molecular weight excluding hydrogens is 562 g/mol. The number of carbonyl (C=O) groups excluding carboxylic acids is 7. The number of carbonyl (C=O) groups is 8. The van der Waals surface area contributed by atoms with Crippen molar-refractivity contribution in [2.45, 2.75) is 41.0 Å². The van der Waals surface area contributed by atoms with Crippen molar-refractivity contribution in [3.8, 4) is 0 Å². The minimum Gasteiger partial charge on any atom is -0.480 e. The van der Waals surface area contributed by atoms with E-state index < -0.39 is 23.8 Å². The molecule has 1 aliphatic heterocycles. The lowest BCUT2D eigenvalue weighted by Gasteiger charge is -2.11. The molecule has 17 heteroatoms. The number of imide groups is 1. The SMILES string of the molecule is C.CC(=O)C[NH3+].CNCC(=O)O.CNCC(C)=O.COCC(=O)NCC(C)=O.COCC(=O)ON1C(=O)CCC1=O.[CH3-]. The Balaban J connectivity index is -0.000000100. The van der Waals surface area contributed by atoms with Gasteiger partial charge in [0.05, 0.1) is 19.6 Å². The molecule has 0 aromatic rings. The summed E-state index contributed by atoms with van der Waals surface area (Å²) in [5.74, 6) is -2.57. The smallest absolute Gasteiger partial charge is 0.358 e. The van der Waals surface area contributed by atoms with Gasteiger partial charge in [-0.25, -0.2) is 4.79 Å².